The van der Waals surface area contributed by atoms with Gasteiger partial charge in [-0.25, -0.2) is 8.42 Å². The molecule has 0 amide bonds. The van der Waals surface area contributed by atoms with E-state index in [-0.39, 0.29) is 46.2 Å². The van der Waals surface area contributed by atoms with Gasteiger partial charge in [0.15, 0.2) is 0 Å². The van der Waals surface area contributed by atoms with Crippen LogP contribution in [0, 0.1) is 5.41 Å². The molecule has 12 heavy (non-hydrogen) atoms. The van der Waals surface area contributed by atoms with Crippen molar-refractivity contribution in [1.29, 1.82) is 0 Å². The topological polar surface area (TPSA) is 88.7 Å². The second kappa shape index (κ2) is 6.34. The summed E-state index contributed by atoms with van der Waals surface area (Å²) in [6.45, 7) is 5.70. The fraction of sp³-hybridized carbons (Fsp3) is 1.00. The van der Waals surface area contributed by atoms with E-state index in [1.165, 1.54) is 0 Å². The molecule has 0 radical (unpaired) electrons. The summed E-state index contributed by atoms with van der Waals surface area (Å²) in [6.07, 6.45) is 0.429. The summed E-state index contributed by atoms with van der Waals surface area (Å²) in [5, 5.41) is 0. The second-order valence-electron chi connectivity index (χ2n) is 3.57. The normalized spacial score (nSPS) is 11.3. The third-order valence-corrected chi connectivity index (χ3v) is 1.81. The molecule has 0 aliphatic carbocycles. The van der Waals surface area contributed by atoms with Crippen molar-refractivity contribution in [3.63, 3.8) is 0 Å². The molecule has 0 heterocycles. The van der Waals surface area contributed by atoms with E-state index in [1.54, 1.807) is 0 Å². The average Bonchev–Trinajstić information content (AvgIpc) is 1.57. The molecule has 0 aromatic carbocycles. The summed E-state index contributed by atoms with van der Waals surface area (Å²) in [7, 11) is -4.01. The first-order valence-electron chi connectivity index (χ1n) is 3.14. The minimum absolute atomic E-state index is 0. The maximum atomic E-state index is 10.1. The van der Waals surface area contributed by atoms with Gasteiger partial charge in [0.1, 0.15) is 0 Å². The van der Waals surface area contributed by atoms with E-state index in [2.05, 4.69) is 0 Å². The molecule has 0 aromatic heterocycles. The average molecular weight is 206 g/mol. The summed E-state index contributed by atoms with van der Waals surface area (Å²) in [5.41, 5.74) is -0.0719. The maximum absolute atomic E-state index is 10.1. The van der Waals surface area contributed by atoms with Gasteiger partial charge in [-0.2, -0.15) is 0 Å². The van der Waals surface area contributed by atoms with E-state index >= 15 is 0 Å². The maximum Gasteiger partial charge on any atom is 1.00 e. The van der Waals surface area contributed by atoms with Gasteiger partial charge in [0.2, 0.25) is 0 Å². The predicted octanol–water partition coefficient (Wildman–Crippen LogP) is -2.85. The minimum Gasteiger partial charge on any atom is -0.748 e. The summed E-state index contributed by atoms with van der Waals surface area (Å²) >= 11 is 0. The Bertz CT molecular complexity index is 192. The van der Waals surface area contributed by atoms with Crippen molar-refractivity contribution in [3.05, 3.63) is 0 Å². The second-order valence-corrected chi connectivity index (χ2v) is 5.10. The van der Waals surface area contributed by atoms with Crippen LogP contribution in [0.1, 0.15) is 27.2 Å². The summed E-state index contributed by atoms with van der Waals surface area (Å²) in [5.74, 6) is -0.253. The van der Waals surface area contributed by atoms with E-state index in [0.717, 1.165) is 0 Å². The first-order valence-corrected chi connectivity index (χ1v) is 4.72. The molecule has 2 N–H and O–H groups in total. The molecule has 0 spiro atoms. The van der Waals surface area contributed by atoms with E-state index in [9.17, 15) is 13.0 Å². The molecule has 0 saturated carbocycles. The van der Waals surface area contributed by atoms with Crippen molar-refractivity contribution in [3.8, 4) is 0 Å². The largest absolute Gasteiger partial charge is 1.00 e. The molecular weight excluding hydrogens is 191 g/mol. The Morgan fingerprint density at radius 3 is 1.67 bits per heavy atom. The Kier molecular flexibility index (Phi) is 9.84. The van der Waals surface area contributed by atoms with Crippen molar-refractivity contribution in [2.24, 2.45) is 5.41 Å². The van der Waals surface area contributed by atoms with Gasteiger partial charge < -0.3 is 10.0 Å². The van der Waals surface area contributed by atoms with Crippen molar-refractivity contribution in [1.82, 2.24) is 0 Å². The zero-order chi connectivity index (χ0) is 8.41. The summed E-state index contributed by atoms with van der Waals surface area (Å²) < 4.78 is 30.4. The standard InChI is InChI=1S/C6H14O3S.Na.H2O/c1-6(2,3)4-5-10(7,8)9;;/h4-5H2,1-3H3,(H,7,8,9);;1H2/q;+1;/p-1. The van der Waals surface area contributed by atoms with Crippen LogP contribution < -0.4 is 29.6 Å². The molecule has 0 bridgehead atoms. The van der Waals surface area contributed by atoms with Crippen LogP contribution in [0.5, 0.6) is 0 Å². The van der Waals surface area contributed by atoms with Gasteiger partial charge in [0.05, 0.1) is 10.1 Å². The van der Waals surface area contributed by atoms with Crippen molar-refractivity contribution >= 4 is 10.1 Å². The molecule has 4 nitrogen and oxygen atoms in total. The van der Waals surface area contributed by atoms with Crippen molar-refractivity contribution in [2.45, 2.75) is 27.2 Å². The first kappa shape index (κ1) is 18.6. The van der Waals surface area contributed by atoms with Gasteiger partial charge in [-0.1, -0.05) is 20.8 Å². The minimum atomic E-state index is -4.01. The molecule has 0 rings (SSSR count). The van der Waals surface area contributed by atoms with Gasteiger partial charge in [0, 0.05) is 5.75 Å². The quantitative estimate of drug-likeness (QED) is 0.360. The van der Waals surface area contributed by atoms with Gasteiger partial charge in [-0.05, 0) is 11.8 Å². The van der Waals surface area contributed by atoms with Gasteiger partial charge in [0.25, 0.3) is 0 Å². The first-order chi connectivity index (χ1) is 4.21. The fourth-order valence-corrected chi connectivity index (χ4v) is 1.29. The third kappa shape index (κ3) is 17.1. The predicted molar refractivity (Wildman–Crippen MR) is 42.3 cm³/mol. The molecule has 0 aliphatic rings. The Hall–Kier alpha value is 0.870. The van der Waals surface area contributed by atoms with Crippen LogP contribution in [0.4, 0.5) is 0 Å². The van der Waals surface area contributed by atoms with Crippen LogP contribution in [-0.4, -0.2) is 24.2 Å². The van der Waals surface area contributed by atoms with E-state index in [0.29, 0.717) is 6.42 Å². The van der Waals surface area contributed by atoms with E-state index in [4.69, 9.17) is 0 Å². The molecule has 0 saturated heterocycles. The number of hydrogen-bond donors (Lipinski definition) is 0. The monoisotopic (exact) mass is 206 g/mol. The number of rotatable bonds is 2. The SMILES string of the molecule is CC(C)(C)CCS(=O)(=O)[O-].O.[Na+]. The van der Waals surface area contributed by atoms with E-state index in [1.807, 2.05) is 20.8 Å². The van der Waals surface area contributed by atoms with Gasteiger partial charge >= 0.3 is 29.6 Å². The molecule has 0 unspecified atom stereocenters. The van der Waals surface area contributed by atoms with Crippen molar-refractivity contribution < 1.29 is 48.0 Å². The van der Waals surface area contributed by atoms with E-state index < -0.39 is 10.1 Å². The van der Waals surface area contributed by atoms with Crippen LogP contribution in [0.25, 0.3) is 0 Å². The van der Waals surface area contributed by atoms with Gasteiger partial charge in [-0.3, -0.25) is 0 Å². The van der Waals surface area contributed by atoms with Crippen LogP contribution in [0.2, 0.25) is 0 Å². The Morgan fingerprint density at radius 1 is 1.25 bits per heavy atom. The van der Waals surface area contributed by atoms with Crippen LogP contribution in [0.3, 0.4) is 0 Å². The molecule has 0 aliphatic heterocycles. The third-order valence-electron chi connectivity index (χ3n) is 1.10. The fourth-order valence-electron chi connectivity index (χ4n) is 0.431. The molecular formula is C6H15NaO4S. The zero-order valence-corrected chi connectivity index (χ0v) is 10.9. The smallest absolute Gasteiger partial charge is 0.748 e. The van der Waals surface area contributed by atoms with Crippen LogP contribution in [0.15, 0.2) is 0 Å². The van der Waals surface area contributed by atoms with Crippen LogP contribution in [-0.2, 0) is 10.1 Å². The summed E-state index contributed by atoms with van der Waals surface area (Å²) in [4.78, 5) is 0. The Morgan fingerprint density at radius 2 is 1.58 bits per heavy atom. The molecule has 6 heteroatoms. The number of hydrogen-bond acceptors (Lipinski definition) is 3. The molecule has 0 fully saturated rings. The molecule has 0 aromatic rings. The van der Waals surface area contributed by atoms with Crippen LogP contribution >= 0.6 is 0 Å². The van der Waals surface area contributed by atoms with Crippen molar-refractivity contribution in [2.75, 3.05) is 5.75 Å². The zero-order valence-electron chi connectivity index (χ0n) is 8.05. The summed E-state index contributed by atoms with van der Waals surface area (Å²) in [6, 6.07) is 0. The Balaban J connectivity index is -0.000000405. The Labute approximate surface area is 96.1 Å². The molecule has 70 valence electrons. The molecule has 0 atom stereocenters. The van der Waals surface area contributed by atoms with Gasteiger partial charge in [-0.15, -0.1) is 0 Å².